The van der Waals surface area contributed by atoms with Gasteiger partial charge in [0.1, 0.15) is 35.9 Å². The van der Waals surface area contributed by atoms with Crippen LogP contribution in [-0.4, -0.2) is 26.3 Å². The highest BCUT2D eigenvalue weighted by atomic mass is 79.9. The van der Waals surface area contributed by atoms with Crippen molar-refractivity contribution in [1.29, 1.82) is 0 Å². The summed E-state index contributed by atoms with van der Waals surface area (Å²) in [5.74, 6) is 0.515. The monoisotopic (exact) mass is 486 g/mol. The van der Waals surface area contributed by atoms with Crippen LogP contribution >= 0.6 is 39.1 Å². The molecule has 0 amide bonds. The van der Waals surface area contributed by atoms with Gasteiger partial charge in [-0.2, -0.15) is 0 Å². The van der Waals surface area contributed by atoms with E-state index in [-0.39, 0.29) is 13.2 Å². The fourth-order valence-electron chi connectivity index (χ4n) is 2.69. The molecule has 0 saturated carbocycles. The molecule has 1 heterocycles. The Morgan fingerprint density at radius 1 is 1.18 bits per heavy atom. The molecule has 3 rings (SSSR count). The maximum atomic E-state index is 12.5. The predicted molar refractivity (Wildman–Crippen MR) is 112 cm³/mol. The second-order valence-electron chi connectivity index (χ2n) is 5.93. The first kappa shape index (κ1) is 21.0. The van der Waals surface area contributed by atoms with Crippen molar-refractivity contribution in [3.05, 3.63) is 61.7 Å². The van der Waals surface area contributed by atoms with Crippen LogP contribution in [0.1, 0.15) is 21.7 Å². The SMILES string of the molecule is COCCOC(=O)c1c(C)oc2cc(Br)c(OCc3c(Cl)cccc3Cl)cc12. The van der Waals surface area contributed by atoms with Crippen LogP contribution in [0.25, 0.3) is 11.0 Å². The molecule has 8 heteroatoms. The van der Waals surface area contributed by atoms with Crippen molar-refractivity contribution in [3.8, 4) is 5.75 Å². The molecule has 0 N–H and O–H groups in total. The molecular formula is C20H17BrCl2O5. The first-order valence-electron chi connectivity index (χ1n) is 8.36. The molecule has 0 fully saturated rings. The number of furan rings is 1. The van der Waals surface area contributed by atoms with Crippen LogP contribution in [-0.2, 0) is 16.1 Å². The van der Waals surface area contributed by atoms with Crippen molar-refractivity contribution < 1.29 is 23.4 Å². The van der Waals surface area contributed by atoms with E-state index in [1.165, 1.54) is 0 Å². The van der Waals surface area contributed by atoms with Crippen molar-refractivity contribution in [2.45, 2.75) is 13.5 Å². The highest BCUT2D eigenvalue weighted by Crippen LogP contribution is 2.36. The molecule has 0 saturated heterocycles. The van der Waals surface area contributed by atoms with Crippen molar-refractivity contribution in [2.24, 2.45) is 0 Å². The van der Waals surface area contributed by atoms with Gasteiger partial charge in [0, 0.05) is 28.1 Å². The number of methoxy groups -OCH3 is 1. The lowest BCUT2D eigenvalue weighted by molar-refractivity contribution is 0.0388. The molecule has 28 heavy (non-hydrogen) atoms. The Labute approximate surface area is 180 Å². The molecule has 0 aliphatic heterocycles. The summed E-state index contributed by atoms with van der Waals surface area (Å²) < 4.78 is 22.4. The van der Waals surface area contributed by atoms with Crippen LogP contribution in [0.2, 0.25) is 10.0 Å². The van der Waals surface area contributed by atoms with E-state index in [4.69, 9.17) is 41.8 Å². The first-order valence-corrected chi connectivity index (χ1v) is 9.91. The van der Waals surface area contributed by atoms with E-state index in [0.717, 1.165) is 0 Å². The summed E-state index contributed by atoms with van der Waals surface area (Å²) in [4.78, 5) is 12.5. The van der Waals surface area contributed by atoms with Crippen molar-refractivity contribution >= 4 is 56.1 Å². The Balaban J connectivity index is 1.90. The van der Waals surface area contributed by atoms with Crippen LogP contribution in [0.3, 0.4) is 0 Å². The van der Waals surface area contributed by atoms with E-state index in [0.29, 0.717) is 54.7 Å². The molecule has 2 aromatic carbocycles. The van der Waals surface area contributed by atoms with Gasteiger partial charge in [0.05, 0.1) is 11.1 Å². The summed E-state index contributed by atoms with van der Waals surface area (Å²) >= 11 is 15.9. The second-order valence-corrected chi connectivity index (χ2v) is 7.60. The van der Waals surface area contributed by atoms with Gasteiger partial charge in [0.25, 0.3) is 0 Å². The van der Waals surface area contributed by atoms with Gasteiger partial charge < -0.3 is 18.6 Å². The molecule has 148 valence electrons. The number of halogens is 3. The van der Waals surface area contributed by atoms with E-state index in [1.807, 2.05) is 0 Å². The molecule has 0 atom stereocenters. The summed E-state index contributed by atoms with van der Waals surface area (Å²) in [5.41, 5.74) is 1.59. The minimum absolute atomic E-state index is 0.159. The molecule has 0 radical (unpaired) electrons. The fourth-order valence-corrected chi connectivity index (χ4v) is 3.64. The number of hydrogen-bond acceptors (Lipinski definition) is 5. The predicted octanol–water partition coefficient (Wildman–Crippen LogP) is 6.19. The number of benzene rings is 2. The van der Waals surface area contributed by atoms with E-state index in [2.05, 4.69) is 15.9 Å². The van der Waals surface area contributed by atoms with Crippen LogP contribution in [0, 0.1) is 6.92 Å². The van der Waals surface area contributed by atoms with Gasteiger partial charge in [-0.15, -0.1) is 0 Å². The van der Waals surface area contributed by atoms with Crippen molar-refractivity contribution in [1.82, 2.24) is 0 Å². The third-order valence-electron chi connectivity index (χ3n) is 4.08. The zero-order valence-electron chi connectivity index (χ0n) is 15.2. The molecule has 0 aliphatic carbocycles. The van der Waals surface area contributed by atoms with E-state index in [9.17, 15) is 4.79 Å². The lowest BCUT2D eigenvalue weighted by atomic mass is 10.1. The first-order chi connectivity index (χ1) is 13.4. The lowest BCUT2D eigenvalue weighted by Gasteiger charge is -2.11. The molecule has 0 bridgehead atoms. The molecule has 0 spiro atoms. The van der Waals surface area contributed by atoms with Crippen LogP contribution in [0.4, 0.5) is 0 Å². The Morgan fingerprint density at radius 3 is 2.57 bits per heavy atom. The van der Waals surface area contributed by atoms with Gasteiger partial charge in [-0.1, -0.05) is 29.3 Å². The number of carbonyl (C=O) groups excluding carboxylic acids is 1. The maximum absolute atomic E-state index is 12.5. The lowest BCUT2D eigenvalue weighted by Crippen LogP contribution is -2.10. The Hall–Kier alpha value is -1.73. The largest absolute Gasteiger partial charge is 0.488 e. The summed E-state index contributed by atoms with van der Waals surface area (Å²) in [7, 11) is 1.54. The van der Waals surface area contributed by atoms with Gasteiger partial charge in [-0.3, -0.25) is 0 Å². The Morgan fingerprint density at radius 2 is 1.89 bits per heavy atom. The third-order valence-corrected chi connectivity index (χ3v) is 5.40. The van der Waals surface area contributed by atoms with Gasteiger partial charge in [0.2, 0.25) is 0 Å². The Bertz CT molecular complexity index is 995. The highest BCUT2D eigenvalue weighted by Gasteiger charge is 2.21. The average Bonchev–Trinajstić information content (AvgIpc) is 2.96. The summed E-state index contributed by atoms with van der Waals surface area (Å²) in [6.45, 7) is 2.36. The topological polar surface area (TPSA) is 57.9 Å². The third kappa shape index (κ3) is 4.46. The Kier molecular flexibility index (Phi) is 6.88. The zero-order valence-corrected chi connectivity index (χ0v) is 18.3. The number of carbonyl (C=O) groups is 1. The number of fused-ring (bicyclic) bond motifs is 1. The number of aryl methyl sites for hydroxylation is 1. The molecule has 0 unspecified atom stereocenters. The molecule has 0 aliphatic rings. The average molecular weight is 488 g/mol. The van der Waals surface area contributed by atoms with Gasteiger partial charge >= 0.3 is 5.97 Å². The minimum atomic E-state index is -0.476. The molecule has 5 nitrogen and oxygen atoms in total. The number of rotatable bonds is 7. The number of ether oxygens (including phenoxy) is 3. The smallest absolute Gasteiger partial charge is 0.342 e. The number of esters is 1. The maximum Gasteiger partial charge on any atom is 0.342 e. The van der Waals surface area contributed by atoms with Crippen LogP contribution in [0.5, 0.6) is 5.75 Å². The number of hydrogen-bond donors (Lipinski definition) is 0. The summed E-state index contributed by atoms with van der Waals surface area (Å²) in [6.07, 6.45) is 0. The van der Waals surface area contributed by atoms with Gasteiger partial charge in [0.15, 0.2) is 0 Å². The van der Waals surface area contributed by atoms with Gasteiger partial charge in [-0.25, -0.2) is 4.79 Å². The standard InChI is InChI=1S/C20H17BrCl2O5/c1-11-19(20(24)26-7-6-25-2)12-8-18(14(21)9-17(12)28-11)27-10-13-15(22)4-3-5-16(13)23/h3-5,8-9H,6-7,10H2,1-2H3. The molecule has 3 aromatic rings. The van der Waals surface area contributed by atoms with Crippen molar-refractivity contribution in [2.75, 3.05) is 20.3 Å². The minimum Gasteiger partial charge on any atom is -0.488 e. The fraction of sp³-hybridized carbons (Fsp3) is 0.250. The normalized spacial score (nSPS) is 11.0. The second kappa shape index (κ2) is 9.18. The van der Waals surface area contributed by atoms with Crippen LogP contribution in [0.15, 0.2) is 39.2 Å². The quantitative estimate of drug-likeness (QED) is 0.293. The van der Waals surface area contributed by atoms with Crippen LogP contribution < -0.4 is 4.74 Å². The molecular weight excluding hydrogens is 471 g/mol. The summed E-state index contributed by atoms with van der Waals surface area (Å²) in [5, 5.41) is 1.64. The van der Waals surface area contributed by atoms with E-state index in [1.54, 1.807) is 44.4 Å². The summed E-state index contributed by atoms with van der Waals surface area (Å²) in [6, 6.07) is 8.74. The zero-order chi connectivity index (χ0) is 20.3. The highest BCUT2D eigenvalue weighted by molar-refractivity contribution is 9.10. The van der Waals surface area contributed by atoms with Crippen molar-refractivity contribution in [3.63, 3.8) is 0 Å². The molecule has 1 aromatic heterocycles. The van der Waals surface area contributed by atoms with E-state index >= 15 is 0 Å². The van der Waals surface area contributed by atoms with E-state index < -0.39 is 5.97 Å². The van der Waals surface area contributed by atoms with Gasteiger partial charge in [-0.05, 0) is 47.1 Å².